The van der Waals surface area contributed by atoms with Gasteiger partial charge in [-0.05, 0) is 73.4 Å². The number of nitrogens with zero attached hydrogens (tertiary/aromatic N) is 1. The van der Waals surface area contributed by atoms with Gasteiger partial charge < -0.3 is 20.9 Å². The van der Waals surface area contributed by atoms with Gasteiger partial charge in [-0.1, -0.05) is 41.9 Å². The van der Waals surface area contributed by atoms with Crippen LogP contribution in [0.1, 0.15) is 36.4 Å². The van der Waals surface area contributed by atoms with Crippen LogP contribution in [-0.2, 0) is 9.59 Å². The van der Waals surface area contributed by atoms with E-state index in [0.717, 1.165) is 24.1 Å². The van der Waals surface area contributed by atoms with Crippen molar-refractivity contribution in [1.29, 1.82) is 0 Å². The van der Waals surface area contributed by atoms with Crippen molar-refractivity contribution < 1.29 is 14.4 Å². The quantitative estimate of drug-likeness (QED) is 0.416. The van der Waals surface area contributed by atoms with E-state index < -0.39 is 12.1 Å². The van der Waals surface area contributed by atoms with Gasteiger partial charge in [0, 0.05) is 35.1 Å². The van der Waals surface area contributed by atoms with Crippen molar-refractivity contribution in [3.63, 3.8) is 0 Å². The molecule has 8 heteroatoms. The molecule has 1 aliphatic heterocycles. The van der Waals surface area contributed by atoms with E-state index >= 15 is 0 Å². The van der Waals surface area contributed by atoms with Crippen molar-refractivity contribution >= 4 is 46.5 Å². The summed E-state index contributed by atoms with van der Waals surface area (Å²) >= 11 is 5.90. The predicted octanol–water partition coefficient (Wildman–Crippen LogP) is 5.67. The van der Waals surface area contributed by atoms with E-state index in [-0.39, 0.29) is 11.8 Å². The second-order valence-electron chi connectivity index (χ2n) is 8.44. The first kappa shape index (κ1) is 24.3. The van der Waals surface area contributed by atoms with Crippen LogP contribution in [0.5, 0.6) is 0 Å². The van der Waals surface area contributed by atoms with E-state index in [1.54, 1.807) is 47.4 Å². The number of benzene rings is 3. The van der Waals surface area contributed by atoms with Crippen molar-refractivity contribution in [2.24, 2.45) is 0 Å². The smallest absolute Gasteiger partial charge is 0.320 e. The van der Waals surface area contributed by atoms with E-state index in [4.69, 9.17) is 11.6 Å². The minimum absolute atomic E-state index is 0.121. The highest BCUT2D eigenvalue weighted by Crippen LogP contribution is 2.27. The van der Waals surface area contributed by atoms with Gasteiger partial charge in [0.15, 0.2) is 0 Å². The van der Waals surface area contributed by atoms with Crippen LogP contribution in [0.15, 0.2) is 72.8 Å². The first-order chi connectivity index (χ1) is 16.9. The summed E-state index contributed by atoms with van der Waals surface area (Å²) in [5, 5.41) is 8.93. The predicted molar refractivity (Wildman–Crippen MR) is 139 cm³/mol. The molecule has 0 aromatic heterocycles. The van der Waals surface area contributed by atoms with Gasteiger partial charge in [0.05, 0.1) is 0 Å². The minimum Gasteiger partial charge on any atom is -0.324 e. The Kier molecular flexibility index (Phi) is 7.67. The van der Waals surface area contributed by atoms with E-state index in [0.29, 0.717) is 34.9 Å². The number of carbonyl (C=O) groups is 3. The normalized spacial score (nSPS) is 14.2. The van der Waals surface area contributed by atoms with E-state index in [9.17, 15) is 14.4 Å². The molecule has 4 rings (SSSR count). The molecule has 1 atom stereocenters. The third-order valence-electron chi connectivity index (χ3n) is 5.85. The fourth-order valence-corrected chi connectivity index (χ4v) is 4.21. The lowest BCUT2D eigenvalue weighted by Gasteiger charge is -2.28. The fourth-order valence-electron chi connectivity index (χ4n) is 4.09. The molecule has 3 aromatic rings. The van der Waals surface area contributed by atoms with Gasteiger partial charge in [0.25, 0.3) is 5.91 Å². The van der Waals surface area contributed by atoms with Crippen LogP contribution in [-0.4, -0.2) is 24.4 Å². The number of amides is 4. The number of aryl methyl sites for hydroxylation is 1. The first-order valence-electron chi connectivity index (χ1n) is 11.5. The van der Waals surface area contributed by atoms with Crippen LogP contribution >= 0.6 is 11.6 Å². The monoisotopic (exact) mass is 490 g/mol. The average molecular weight is 491 g/mol. The topological polar surface area (TPSA) is 90.5 Å². The number of hydrogen-bond donors (Lipinski definition) is 3. The van der Waals surface area contributed by atoms with Crippen molar-refractivity contribution in [3.8, 4) is 0 Å². The molecule has 1 heterocycles. The van der Waals surface area contributed by atoms with E-state index in [1.165, 1.54) is 0 Å². The average Bonchev–Trinajstić information content (AvgIpc) is 2.85. The summed E-state index contributed by atoms with van der Waals surface area (Å²) in [6.07, 6.45) is 2.45. The lowest BCUT2D eigenvalue weighted by molar-refractivity contribution is -0.119. The molecular weight excluding hydrogens is 464 g/mol. The highest BCUT2D eigenvalue weighted by atomic mass is 35.5. The Morgan fingerprint density at radius 1 is 0.914 bits per heavy atom. The number of rotatable bonds is 6. The molecule has 0 spiro atoms. The number of hydrogen-bond acceptors (Lipinski definition) is 3. The standard InChI is InChI=1S/C27H27ClN4O3/c1-18-17-22(14-15-23(18)32-16-6-5-9-24(32)33)29-26(34)25(19-7-3-2-4-8-19)31-27(35)30-21-12-10-20(28)11-13-21/h2-4,7-8,10-15,17,25H,5-6,9,16H2,1H3,(H,29,34)(H2,30,31,35). The Hall–Kier alpha value is -3.84. The van der Waals surface area contributed by atoms with Crippen molar-refractivity contribution in [3.05, 3.63) is 88.9 Å². The molecule has 1 unspecified atom stereocenters. The number of urea groups is 1. The second-order valence-corrected chi connectivity index (χ2v) is 8.88. The van der Waals surface area contributed by atoms with E-state index in [2.05, 4.69) is 16.0 Å². The summed E-state index contributed by atoms with van der Waals surface area (Å²) in [4.78, 5) is 40.0. The molecule has 3 N–H and O–H groups in total. The lowest BCUT2D eigenvalue weighted by atomic mass is 10.0. The van der Waals surface area contributed by atoms with Gasteiger partial charge >= 0.3 is 6.03 Å². The zero-order valence-corrected chi connectivity index (χ0v) is 20.1. The fraction of sp³-hybridized carbons (Fsp3) is 0.222. The SMILES string of the molecule is Cc1cc(NC(=O)C(NC(=O)Nc2ccc(Cl)cc2)c2ccccc2)ccc1N1CCCCC1=O. The number of piperidine rings is 1. The molecule has 4 amide bonds. The summed E-state index contributed by atoms with van der Waals surface area (Å²) in [6, 6.07) is 19.7. The Bertz CT molecular complexity index is 1210. The van der Waals surface area contributed by atoms with E-state index in [1.807, 2.05) is 37.3 Å². The van der Waals surface area contributed by atoms with Gasteiger partial charge in [-0.25, -0.2) is 4.79 Å². The van der Waals surface area contributed by atoms with Crippen LogP contribution in [0, 0.1) is 6.92 Å². The van der Waals surface area contributed by atoms with Gasteiger partial charge in [-0.15, -0.1) is 0 Å². The first-order valence-corrected chi connectivity index (χ1v) is 11.9. The maximum absolute atomic E-state index is 13.3. The molecule has 0 radical (unpaired) electrons. The Balaban J connectivity index is 1.49. The molecule has 1 fully saturated rings. The Morgan fingerprint density at radius 2 is 1.63 bits per heavy atom. The number of nitrogens with one attached hydrogen (secondary N) is 3. The molecule has 3 aromatic carbocycles. The van der Waals surface area contributed by atoms with Crippen molar-refractivity contribution in [2.75, 3.05) is 22.1 Å². The number of anilines is 3. The van der Waals surface area contributed by atoms with Gasteiger partial charge in [0.2, 0.25) is 5.91 Å². The maximum atomic E-state index is 13.3. The minimum atomic E-state index is -0.924. The summed E-state index contributed by atoms with van der Waals surface area (Å²) < 4.78 is 0. The maximum Gasteiger partial charge on any atom is 0.320 e. The molecule has 0 saturated carbocycles. The Morgan fingerprint density at radius 3 is 2.31 bits per heavy atom. The van der Waals surface area contributed by atoms with Crippen LogP contribution in [0.25, 0.3) is 0 Å². The van der Waals surface area contributed by atoms with Gasteiger partial charge in [0.1, 0.15) is 6.04 Å². The zero-order valence-electron chi connectivity index (χ0n) is 19.4. The van der Waals surface area contributed by atoms with Gasteiger partial charge in [-0.3, -0.25) is 9.59 Å². The summed E-state index contributed by atoms with van der Waals surface area (Å²) in [6.45, 7) is 2.62. The van der Waals surface area contributed by atoms with Crippen LogP contribution in [0.3, 0.4) is 0 Å². The second kappa shape index (κ2) is 11.1. The lowest BCUT2D eigenvalue weighted by Crippen LogP contribution is -2.39. The van der Waals surface area contributed by atoms with Crippen LogP contribution in [0.2, 0.25) is 5.02 Å². The third kappa shape index (κ3) is 6.19. The molecular formula is C27H27ClN4O3. The van der Waals surface area contributed by atoms with Gasteiger partial charge in [-0.2, -0.15) is 0 Å². The van der Waals surface area contributed by atoms with Crippen LogP contribution in [0.4, 0.5) is 21.9 Å². The molecule has 0 bridgehead atoms. The summed E-state index contributed by atoms with van der Waals surface area (Å²) in [7, 11) is 0. The molecule has 0 aliphatic carbocycles. The largest absolute Gasteiger partial charge is 0.324 e. The van der Waals surface area contributed by atoms with Crippen molar-refractivity contribution in [1.82, 2.24) is 5.32 Å². The molecule has 1 saturated heterocycles. The zero-order chi connectivity index (χ0) is 24.8. The summed E-state index contributed by atoms with van der Waals surface area (Å²) in [5.74, 6) is -0.264. The molecule has 1 aliphatic rings. The molecule has 35 heavy (non-hydrogen) atoms. The van der Waals surface area contributed by atoms with Crippen molar-refractivity contribution in [2.45, 2.75) is 32.2 Å². The summed E-state index contributed by atoms with van der Waals surface area (Å²) in [5.41, 5.74) is 3.53. The Labute approximate surface area is 209 Å². The highest BCUT2D eigenvalue weighted by Gasteiger charge is 2.24. The number of halogens is 1. The highest BCUT2D eigenvalue weighted by molar-refractivity contribution is 6.30. The molecule has 180 valence electrons. The van der Waals surface area contributed by atoms with Crippen LogP contribution < -0.4 is 20.9 Å². The number of carbonyl (C=O) groups excluding carboxylic acids is 3. The third-order valence-corrected chi connectivity index (χ3v) is 6.10. The molecule has 7 nitrogen and oxygen atoms in total.